The first-order chi connectivity index (χ1) is 13.9. The minimum absolute atomic E-state index is 0.150. The lowest BCUT2D eigenvalue weighted by molar-refractivity contribution is -0.138. The number of carboxylic acid groups (broad SMARTS) is 1. The number of aliphatic carboxylic acids is 1. The molecule has 29 heavy (non-hydrogen) atoms. The van der Waals surface area contributed by atoms with Gasteiger partial charge in [-0.2, -0.15) is 0 Å². The highest BCUT2D eigenvalue weighted by molar-refractivity contribution is 7.17. The Labute approximate surface area is 171 Å². The van der Waals surface area contributed by atoms with Crippen molar-refractivity contribution in [2.75, 3.05) is 24.9 Å². The van der Waals surface area contributed by atoms with E-state index in [9.17, 15) is 14.4 Å². The van der Waals surface area contributed by atoms with Crippen molar-refractivity contribution in [1.29, 1.82) is 0 Å². The van der Waals surface area contributed by atoms with Gasteiger partial charge in [-0.3, -0.25) is 14.4 Å². The van der Waals surface area contributed by atoms with E-state index < -0.39 is 11.9 Å². The van der Waals surface area contributed by atoms with Crippen LogP contribution in [0.2, 0.25) is 0 Å². The minimum atomic E-state index is -1.04. The van der Waals surface area contributed by atoms with E-state index in [1.807, 2.05) is 0 Å². The second-order valence-corrected chi connectivity index (χ2v) is 7.63. The van der Waals surface area contributed by atoms with Gasteiger partial charge in [-0.05, 0) is 37.0 Å². The third kappa shape index (κ3) is 4.68. The molecule has 1 aliphatic rings. The number of benzene rings is 1. The molecule has 3 rings (SSSR count). The fourth-order valence-electron chi connectivity index (χ4n) is 3.24. The van der Waals surface area contributed by atoms with Gasteiger partial charge in [0.05, 0.1) is 31.9 Å². The van der Waals surface area contributed by atoms with Crippen molar-refractivity contribution in [1.82, 2.24) is 0 Å². The molecule has 1 aromatic carbocycles. The average Bonchev–Trinajstić information content (AvgIpc) is 3.26. The Bertz CT molecular complexity index is 953. The van der Waals surface area contributed by atoms with Gasteiger partial charge in [-0.1, -0.05) is 0 Å². The summed E-state index contributed by atoms with van der Waals surface area (Å²) in [7, 11) is 3.04. The largest absolute Gasteiger partial charge is 0.497 e. The first-order valence-electron chi connectivity index (χ1n) is 9.12. The number of fused-ring (bicyclic) bond motifs is 1. The molecule has 1 heterocycles. The third-order valence-corrected chi connectivity index (χ3v) is 5.83. The van der Waals surface area contributed by atoms with Gasteiger partial charge in [0.25, 0.3) is 5.91 Å². The van der Waals surface area contributed by atoms with Crippen LogP contribution in [0.4, 0.5) is 10.7 Å². The van der Waals surface area contributed by atoms with Crippen molar-refractivity contribution in [3.63, 3.8) is 0 Å². The van der Waals surface area contributed by atoms with E-state index >= 15 is 0 Å². The summed E-state index contributed by atoms with van der Waals surface area (Å²) < 4.78 is 10.5. The molecule has 8 nitrogen and oxygen atoms in total. The van der Waals surface area contributed by atoms with E-state index in [1.54, 1.807) is 18.2 Å². The highest BCUT2D eigenvalue weighted by atomic mass is 32.1. The lowest BCUT2D eigenvalue weighted by Crippen LogP contribution is -2.18. The number of hydrogen-bond donors (Lipinski definition) is 3. The van der Waals surface area contributed by atoms with Crippen LogP contribution in [0.5, 0.6) is 11.5 Å². The van der Waals surface area contributed by atoms with E-state index in [0.717, 1.165) is 29.7 Å². The second kappa shape index (κ2) is 8.95. The van der Waals surface area contributed by atoms with E-state index in [-0.39, 0.29) is 18.7 Å². The summed E-state index contributed by atoms with van der Waals surface area (Å²) in [5.41, 5.74) is 1.82. The number of ether oxygens (including phenoxy) is 2. The van der Waals surface area contributed by atoms with Crippen molar-refractivity contribution < 1.29 is 29.0 Å². The van der Waals surface area contributed by atoms with Crippen LogP contribution in [0, 0.1) is 0 Å². The molecule has 0 unspecified atom stereocenters. The number of carboxylic acids is 1. The fourth-order valence-corrected chi connectivity index (χ4v) is 4.54. The van der Waals surface area contributed by atoms with E-state index in [0.29, 0.717) is 27.8 Å². The molecule has 0 fully saturated rings. The van der Waals surface area contributed by atoms with Gasteiger partial charge in [0.2, 0.25) is 5.91 Å². The maximum absolute atomic E-state index is 13.1. The monoisotopic (exact) mass is 418 g/mol. The van der Waals surface area contributed by atoms with Gasteiger partial charge >= 0.3 is 5.97 Å². The standard InChI is InChI=1S/C20H22N2O6S/c1-27-11-6-7-14(28-2)13(10-11)21-19(26)18-12-4-3-5-15(12)29-20(18)22-16(23)8-9-17(24)25/h6-7,10H,3-5,8-9H2,1-2H3,(H,21,26)(H,22,23)(H,24,25). The molecule has 0 radical (unpaired) electrons. The lowest BCUT2D eigenvalue weighted by atomic mass is 10.1. The van der Waals surface area contributed by atoms with Crippen molar-refractivity contribution in [2.45, 2.75) is 32.1 Å². The van der Waals surface area contributed by atoms with Crippen LogP contribution in [0.15, 0.2) is 18.2 Å². The number of amides is 2. The summed E-state index contributed by atoms with van der Waals surface area (Å²) in [6, 6.07) is 5.08. The number of thiophene rings is 1. The summed E-state index contributed by atoms with van der Waals surface area (Å²) in [6.07, 6.45) is 2.15. The molecule has 0 saturated heterocycles. The molecule has 1 aromatic heterocycles. The maximum Gasteiger partial charge on any atom is 0.303 e. The molecule has 0 bridgehead atoms. The molecule has 154 valence electrons. The van der Waals surface area contributed by atoms with Crippen molar-refractivity contribution >= 4 is 39.8 Å². The number of rotatable bonds is 8. The summed E-state index contributed by atoms with van der Waals surface area (Å²) in [5, 5.41) is 14.8. The first-order valence-corrected chi connectivity index (χ1v) is 9.94. The number of anilines is 2. The van der Waals surface area contributed by atoms with Gasteiger partial charge in [0, 0.05) is 17.4 Å². The Balaban J connectivity index is 1.87. The lowest BCUT2D eigenvalue weighted by Gasteiger charge is -2.13. The Kier molecular flexibility index (Phi) is 6.38. The van der Waals surface area contributed by atoms with E-state index in [2.05, 4.69) is 10.6 Å². The van der Waals surface area contributed by atoms with Crippen LogP contribution in [0.3, 0.4) is 0 Å². The Morgan fingerprint density at radius 2 is 1.90 bits per heavy atom. The highest BCUT2D eigenvalue weighted by Gasteiger charge is 2.28. The Morgan fingerprint density at radius 3 is 2.59 bits per heavy atom. The molecule has 0 spiro atoms. The molecule has 3 N–H and O–H groups in total. The molecule has 0 saturated carbocycles. The van der Waals surface area contributed by atoms with E-state index in [4.69, 9.17) is 14.6 Å². The molecule has 9 heteroatoms. The summed E-state index contributed by atoms with van der Waals surface area (Å²) in [6.45, 7) is 0. The van der Waals surface area contributed by atoms with Crippen LogP contribution in [-0.4, -0.2) is 37.1 Å². The van der Waals surface area contributed by atoms with Crippen molar-refractivity contribution in [3.8, 4) is 11.5 Å². The van der Waals surface area contributed by atoms with Crippen molar-refractivity contribution in [2.24, 2.45) is 0 Å². The van der Waals surface area contributed by atoms with Crippen LogP contribution in [0.1, 0.15) is 40.1 Å². The number of methoxy groups -OCH3 is 2. The third-order valence-electron chi connectivity index (χ3n) is 4.62. The fraction of sp³-hybridized carbons (Fsp3) is 0.350. The number of carbonyl (C=O) groups excluding carboxylic acids is 2. The second-order valence-electron chi connectivity index (χ2n) is 6.52. The minimum Gasteiger partial charge on any atom is -0.497 e. The molecular weight excluding hydrogens is 396 g/mol. The molecule has 2 aromatic rings. The van der Waals surface area contributed by atoms with Gasteiger partial charge in [0.15, 0.2) is 0 Å². The number of nitrogens with one attached hydrogen (secondary N) is 2. The zero-order valence-corrected chi connectivity index (χ0v) is 17.0. The highest BCUT2D eigenvalue weighted by Crippen LogP contribution is 2.40. The molecule has 0 atom stereocenters. The predicted octanol–water partition coefficient (Wildman–Crippen LogP) is 3.31. The molecule has 0 aliphatic heterocycles. The predicted molar refractivity (Wildman–Crippen MR) is 109 cm³/mol. The average molecular weight is 418 g/mol. The smallest absolute Gasteiger partial charge is 0.303 e. The number of aryl methyl sites for hydroxylation is 1. The normalized spacial score (nSPS) is 12.2. The summed E-state index contributed by atoms with van der Waals surface area (Å²) in [4.78, 5) is 37.0. The van der Waals surface area contributed by atoms with Gasteiger partial charge in [-0.15, -0.1) is 11.3 Å². The zero-order chi connectivity index (χ0) is 21.0. The van der Waals surface area contributed by atoms with Gasteiger partial charge < -0.3 is 25.2 Å². The zero-order valence-electron chi connectivity index (χ0n) is 16.2. The Hall–Kier alpha value is -3.07. The van der Waals surface area contributed by atoms with E-state index in [1.165, 1.54) is 25.6 Å². The number of hydrogen-bond acceptors (Lipinski definition) is 6. The summed E-state index contributed by atoms with van der Waals surface area (Å²) in [5.74, 6) is -0.779. The quantitative estimate of drug-likeness (QED) is 0.606. The van der Waals surface area contributed by atoms with Crippen LogP contribution < -0.4 is 20.1 Å². The topological polar surface area (TPSA) is 114 Å². The molecule has 2 amide bonds. The first kappa shape index (κ1) is 20.7. The number of carbonyl (C=O) groups is 3. The SMILES string of the molecule is COc1ccc(OC)c(NC(=O)c2c(NC(=O)CCC(=O)O)sc3c2CCC3)c1. The molecular formula is C20H22N2O6S. The van der Waals surface area contributed by atoms with Crippen molar-refractivity contribution in [3.05, 3.63) is 34.2 Å². The molecule has 1 aliphatic carbocycles. The maximum atomic E-state index is 13.1. The Morgan fingerprint density at radius 1 is 1.10 bits per heavy atom. The van der Waals surface area contributed by atoms with Gasteiger partial charge in [0.1, 0.15) is 16.5 Å². The van der Waals surface area contributed by atoms with Crippen LogP contribution in [-0.2, 0) is 22.4 Å². The summed E-state index contributed by atoms with van der Waals surface area (Å²) >= 11 is 1.37. The van der Waals surface area contributed by atoms with Gasteiger partial charge in [-0.25, -0.2) is 0 Å². The van der Waals surface area contributed by atoms with Crippen LogP contribution in [0.25, 0.3) is 0 Å². The van der Waals surface area contributed by atoms with Crippen LogP contribution >= 0.6 is 11.3 Å².